The number of pyridine rings is 2. The zero-order chi connectivity index (χ0) is 16.1. The highest BCUT2D eigenvalue weighted by Crippen LogP contribution is 2.15. The Morgan fingerprint density at radius 3 is 2.17 bits per heavy atom. The van der Waals surface area contributed by atoms with Crippen LogP contribution in [0.25, 0.3) is 23.0 Å². The van der Waals surface area contributed by atoms with Crippen LogP contribution >= 0.6 is 0 Å². The molecule has 0 fully saturated rings. The van der Waals surface area contributed by atoms with Crippen LogP contribution in [0.3, 0.4) is 0 Å². The minimum atomic E-state index is -0.0705. The maximum Gasteiger partial charge on any atom is 0.224 e. The van der Waals surface area contributed by atoms with Gasteiger partial charge >= 0.3 is 0 Å². The Morgan fingerprint density at radius 2 is 1.65 bits per heavy atom. The van der Waals surface area contributed by atoms with Crippen LogP contribution in [0.5, 0.6) is 0 Å². The van der Waals surface area contributed by atoms with Crippen molar-refractivity contribution >= 4 is 11.6 Å². The molecular formula is C15H13N7O. The highest BCUT2D eigenvalue weighted by Gasteiger charge is 2.08. The van der Waals surface area contributed by atoms with E-state index in [1.807, 2.05) is 12.1 Å². The molecule has 114 valence electrons. The molecule has 0 radical (unpaired) electrons. The second-order valence-corrected chi connectivity index (χ2v) is 4.60. The molecule has 0 saturated heterocycles. The molecule has 3 heterocycles. The lowest BCUT2D eigenvalue weighted by atomic mass is 10.3. The molecule has 0 saturated carbocycles. The van der Waals surface area contributed by atoms with E-state index in [1.54, 1.807) is 37.5 Å². The highest BCUT2D eigenvalue weighted by atomic mass is 16.1. The zero-order valence-electron chi connectivity index (χ0n) is 12.3. The first-order valence-corrected chi connectivity index (χ1v) is 7.01. The Labute approximate surface area is 132 Å². The van der Waals surface area contributed by atoms with Gasteiger partial charge in [0.15, 0.2) is 0 Å². The topological polar surface area (TPSA) is 106 Å². The van der Waals surface area contributed by atoms with Gasteiger partial charge in [-0.3, -0.25) is 14.8 Å². The largest absolute Gasteiger partial charge is 0.325 e. The van der Waals surface area contributed by atoms with E-state index in [9.17, 15) is 4.79 Å². The number of nitrogens with one attached hydrogen (secondary N) is 1. The van der Waals surface area contributed by atoms with Crippen LogP contribution < -0.4 is 5.32 Å². The van der Waals surface area contributed by atoms with E-state index in [0.717, 1.165) is 0 Å². The second-order valence-electron chi connectivity index (χ2n) is 4.60. The Balaban J connectivity index is 1.78. The molecule has 8 heteroatoms. The summed E-state index contributed by atoms with van der Waals surface area (Å²) in [6.07, 6.45) is 3.60. The van der Waals surface area contributed by atoms with Crippen molar-refractivity contribution in [2.75, 3.05) is 5.32 Å². The average molecular weight is 307 g/mol. The van der Waals surface area contributed by atoms with Gasteiger partial charge < -0.3 is 5.32 Å². The molecule has 8 nitrogen and oxygen atoms in total. The first-order chi connectivity index (χ1) is 11.3. The van der Waals surface area contributed by atoms with Crippen molar-refractivity contribution in [2.45, 2.75) is 13.3 Å². The van der Waals surface area contributed by atoms with Crippen molar-refractivity contribution in [3.63, 3.8) is 0 Å². The van der Waals surface area contributed by atoms with Gasteiger partial charge in [-0.2, -0.15) is 0 Å². The van der Waals surface area contributed by atoms with Crippen LogP contribution in [-0.2, 0) is 4.79 Å². The summed E-state index contributed by atoms with van der Waals surface area (Å²) in [6.45, 7) is 1.78. The molecule has 0 spiro atoms. The molecule has 23 heavy (non-hydrogen) atoms. The van der Waals surface area contributed by atoms with E-state index in [2.05, 4.69) is 35.7 Å². The highest BCUT2D eigenvalue weighted by molar-refractivity contribution is 5.90. The number of nitrogens with zero attached hydrogens (tertiary/aromatic N) is 6. The molecule has 3 aromatic rings. The van der Waals surface area contributed by atoms with Crippen molar-refractivity contribution in [3.8, 4) is 23.0 Å². The lowest BCUT2D eigenvalue weighted by Gasteiger charge is -2.03. The number of amides is 1. The fraction of sp³-hybridized carbons (Fsp3) is 0.133. The maximum absolute atomic E-state index is 11.3. The van der Waals surface area contributed by atoms with Gasteiger partial charge in [0, 0.05) is 12.6 Å². The average Bonchev–Trinajstić information content (AvgIpc) is 2.63. The summed E-state index contributed by atoms with van der Waals surface area (Å²) in [5.41, 5.74) is 1.74. The quantitative estimate of drug-likeness (QED) is 0.782. The molecular weight excluding hydrogens is 294 g/mol. The molecule has 0 aromatic carbocycles. The predicted molar refractivity (Wildman–Crippen MR) is 83.0 cm³/mol. The molecule has 3 aromatic heterocycles. The van der Waals surface area contributed by atoms with Crippen molar-refractivity contribution < 1.29 is 4.79 Å². The molecule has 1 N–H and O–H groups in total. The van der Waals surface area contributed by atoms with Crippen LogP contribution in [0.15, 0.2) is 42.7 Å². The monoisotopic (exact) mass is 307 g/mol. The number of carbonyl (C=O) groups excluding carboxylic acids is 1. The third-order valence-corrected chi connectivity index (χ3v) is 2.97. The van der Waals surface area contributed by atoms with Gasteiger partial charge in [0.05, 0.1) is 11.9 Å². The predicted octanol–water partition coefficient (Wildman–Crippen LogP) is 1.74. The van der Waals surface area contributed by atoms with Gasteiger partial charge in [0.1, 0.15) is 11.4 Å². The van der Waals surface area contributed by atoms with Crippen LogP contribution in [0.2, 0.25) is 0 Å². The molecule has 0 aliphatic carbocycles. The van der Waals surface area contributed by atoms with E-state index in [4.69, 9.17) is 0 Å². The minimum absolute atomic E-state index is 0.0705. The standard InChI is InChI=1S/C15H13N7O/c1-2-13(23)18-10-6-7-12(17-9-10)15-21-19-14(20-22-15)11-5-3-4-8-16-11/h3-9H,2H2,1H3,(H,18,23). The minimum Gasteiger partial charge on any atom is -0.325 e. The SMILES string of the molecule is CCC(=O)Nc1ccc(-c2nnc(-c3ccccn3)nn2)nc1. The first-order valence-electron chi connectivity index (χ1n) is 7.01. The number of hydrogen-bond acceptors (Lipinski definition) is 7. The Morgan fingerprint density at radius 1 is 0.957 bits per heavy atom. The fourth-order valence-electron chi connectivity index (χ4n) is 1.78. The smallest absolute Gasteiger partial charge is 0.224 e. The van der Waals surface area contributed by atoms with Gasteiger partial charge in [0.25, 0.3) is 0 Å². The molecule has 0 aliphatic rings. The van der Waals surface area contributed by atoms with Crippen molar-refractivity contribution in [2.24, 2.45) is 0 Å². The third kappa shape index (κ3) is 3.49. The van der Waals surface area contributed by atoms with Crippen LogP contribution in [0.4, 0.5) is 5.69 Å². The van der Waals surface area contributed by atoms with Crippen LogP contribution in [0.1, 0.15) is 13.3 Å². The molecule has 3 rings (SSSR count). The van der Waals surface area contributed by atoms with Crippen LogP contribution in [-0.4, -0.2) is 36.3 Å². The zero-order valence-corrected chi connectivity index (χ0v) is 12.3. The lowest BCUT2D eigenvalue weighted by Crippen LogP contribution is -2.09. The lowest BCUT2D eigenvalue weighted by molar-refractivity contribution is -0.115. The molecule has 0 bridgehead atoms. The molecule has 1 amide bonds. The van der Waals surface area contributed by atoms with Crippen molar-refractivity contribution in [3.05, 3.63) is 42.7 Å². The van der Waals surface area contributed by atoms with Crippen molar-refractivity contribution in [1.29, 1.82) is 0 Å². The summed E-state index contributed by atoms with van der Waals surface area (Å²) in [5.74, 6) is 0.582. The van der Waals surface area contributed by atoms with Crippen LogP contribution in [0, 0.1) is 0 Å². The summed E-state index contributed by atoms with van der Waals surface area (Å²) < 4.78 is 0. The van der Waals surface area contributed by atoms with E-state index < -0.39 is 0 Å². The van der Waals surface area contributed by atoms with E-state index in [1.165, 1.54) is 0 Å². The number of carbonyl (C=O) groups is 1. The summed E-state index contributed by atoms with van der Waals surface area (Å²) in [4.78, 5) is 19.7. The van der Waals surface area contributed by atoms with Gasteiger partial charge in [-0.1, -0.05) is 13.0 Å². The summed E-state index contributed by atoms with van der Waals surface area (Å²) in [7, 11) is 0. The Bertz CT molecular complexity index is 788. The van der Waals surface area contributed by atoms with E-state index in [0.29, 0.717) is 35.1 Å². The number of aromatic nitrogens is 6. The number of hydrogen-bond donors (Lipinski definition) is 1. The summed E-state index contributed by atoms with van der Waals surface area (Å²) in [5, 5.41) is 18.8. The number of rotatable bonds is 4. The third-order valence-electron chi connectivity index (χ3n) is 2.97. The normalized spacial score (nSPS) is 10.3. The summed E-state index contributed by atoms with van der Waals surface area (Å²) >= 11 is 0. The van der Waals surface area contributed by atoms with Crippen molar-refractivity contribution in [1.82, 2.24) is 30.4 Å². The Hall–Kier alpha value is -3.29. The van der Waals surface area contributed by atoms with E-state index in [-0.39, 0.29) is 5.91 Å². The van der Waals surface area contributed by atoms with Gasteiger partial charge in [-0.15, -0.1) is 20.4 Å². The molecule has 0 aliphatic heterocycles. The van der Waals surface area contributed by atoms with Gasteiger partial charge in [-0.25, -0.2) is 0 Å². The molecule has 0 atom stereocenters. The molecule has 0 unspecified atom stereocenters. The van der Waals surface area contributed by atoms with Gasteiger partial charge in [-0.05, 0) is 24.3 Å². The van der Waals surface area contributed by atoms with Gasteiger partial charge in [0.2, 0.25) is 17.6 Å². The summed E-state index contributed by atoms with van der Waals surface area (Å²) in [6, 6.07) is 8.85. The Kier molecular flexibility index (Phi) is 4.23. The fourth-order valence-corrected chi connectivity index (χ4v) is 1.78. The second kappa shape index (κ2) is 6.65. The van der Waals surface area contributed by atoms with E-state index >= 15 is 0 Å². The first kappa shape index (κ1) is 14.6. The number of anilines is 1. The maximum atomic E-state index is 11.3.